The van der Waals surface area contributed by atoms with Crippen LogP contribution in [0.15, 0.2) is 36.9 Å². The summed E-state index contributed by atoms with van der Waals surface area (Å²) in [7, 11) is 0. The van der Waals surface area contributed by atoms with Gasteiger partial charge in [-0.2, -0.15) is 0 Å². The number of aromatic nitrogens is 2. The van der Waals surface area contributed by atoms with Crippen LogP contribution in [0.25, 0.3) is 0 Å². The van der Waals surface area contributed by atoms with E-state index in [9.17, 15) is 14.0 Å². The molecule has 1 saturated carbocycles. The molecule has 0 radical (unpaired) electrons. The van der Waals surface area contributed by atoms with Crippen molar-refractivity contribution in [2.45, 2.75) is 51.6 Å². The van der Waals surface area contributed by atoms with Gasteiger partial charge >= 0.3 is 6.03 Å². The molecule has 0 unspecified atom stereocenters. The Bertz CT molecular complexity index is 803. The van der Waals surface area contributed by atoms with E-state index in [0.717, 1.165) is 32.1 Å². The highest BCUT2D eigenvalue weighted by atomic mass is 19.1. The van der Waals surface area contributed by atoms with Crippen LogP contribution in [0, 0.1) is 11.7 Å². The lowest BCUT2D eigenvalue weighted by atomic mass is 9.88. The first-order valence-corrected chi connectivity index (χ1v) is 9.65. The molecule has 2 aromatic rings. The molecule has 1 aliphatic carbocycles. The molecule has 3 amide bonds. The lowest BCUT2D eigenvalue weighted by Gasteiger charge is -2.21. The fourth-order valence-corrected chi connectivity index (χ4v) is 3.45. The number of nitrogens with zero attached hydrogens (tertiary/aromatic N) is 2. The van der Waals surface area contributed by atoms with Crippen LogP contribution < -0.4 is 16.0 Å². The molecule has 150 valence electrons. The Balaban J connectivity index is 1.56. The van der Waals surface area contributed by atoms with Gasteiger partial charge in [0.25, 0.3) is 0 Å². The van der Waals surface area contributed by atoms with E-state index < -0.39 is 11.8 Å². The third-order valence-electron chi connectivity index (χ3n) is 4.88. The second-order valence-electron chi connectivity index (χ2n) is 7.28. The maximum atomic E-state index is 14.1. The van der Waals surface area contributed by atoms with E-state index in [0.29, 0.717) is 12.2 Å². The third kappa shape index (κ3) is 5.55. The van der Waals surface area contributed by atoms with Crippen LogP contribution in [-0.4, -0.2) is 27.5 Å². The first-order chi connectivity index (χ1) is 13.5. The summed E-state index contributed by atoms with van der Waals surface area (Å²) in [4.78, 5) is 28.5. The number of urea groups is 1. The van der Waals surface area contributed by atoms with E-state index in [1.165, 1.54) is 18.2 Å². The van der Waals surface area contributed by atoms with Crippen molar-refractivity contribution in [3.05, 3.63) is 42.7 Å². The number of carbonyl (C=O) groups excluding carboxylic acids is 2. The molecule has 0 saturated heterocycles. The van der Waals surface area contributed by atoms with Crippen LogP contribution in [0.1, 0.15) is 39.0 Å². The molecule has 1 aliphatic rings. The predicted molar refractivity (Wildman–Crippen MR) is 105 cm³/mol. The molecule has 1 fully saturated rings. The summed E-state index contributed by atoms with van der Waals surface area (Å²) in [5.74, 6) is -0.755. The summed E-state index contributed by atoms with van der Waals surface area (Å²) < 4.78 is 16.0. The molecule has 28 heavy (non-hydrogen) atoms. The van der Waals surface area contributed by atoms with Gasteiger partial charge in [-0.1, -0.05) is 19.3 Å². The molecule has 3 rings (SSSR count). The quantitative estimate of drug-likeness (QED) is 0.705. The minimum absolute atomic E-state index is 0.0721. The number of nitrogens with one attached hydrogen (secondary N) is 3. The number of rotatable bonds is 6. The fraction of sp³-hybridized carbons (Fsp3) is 0.450. The lowest BCUT2D eigenvalue weighted by Crippen LogP contribution is -2.38. The molecule has 0 bridgehead atoms. The van der Waals surface area contributed by atoms with Crippen molar-refractivity contribution < 1.29 is 14.0 Å². The Labute approximate surface area is 163 Å². The van der Waals surface area contributed by atoms with Crippen LogP contribution in [0.5, 0.6) is 0 Å². The Morgan fingerprint density at radius 3 is 2.75 bits per heavy atom. The van der Waals surface area contributed by atoms with Gasteiger partial charge in [0.1, 0.15) is 5.82 Å². The Morgan fingerprint density at radius 2 is 2.04 bits per heavy atom. The van der Waals surface area contributed by atoms with Gasteiger partial charge in [0.15, 0.2) is 0 Å². The average Bonchev–Trinajstić information content (AvgIpc) is 3.17. The third-order valence-corrected chi connectivity index (χ3v) is 4.88. The molecular weight excluding hydrogens is 361 g/mol. The van der Waals surface area contributed by atoms with Gasteiger partial charge in [0.2, 0.25) is 5.91 Å². The molecule has 1 aromatic carbocycles. The lowest BCUT2D eigenvalue weighted by molar-refractivity contribution is -0.120. The zero-order chi connectivity index (χ0) is 19.9. The normalized spacial score (nSPS) is 15.6. The number of benzene rings is 1. The van der Waals surface area contributed by atoms with E-state index in [1.807, 2.05) is 17.7 Å². The van der Waals surface area contributed by atoms with E-state index in [-0.39, 0.29) is 23.6 Å². The van der Waals surface area contributed by atoms with Crippen LogP contribution >= 0.6 is 0 Å². The molecule has 1 heterocycles. The van der Waals surface area contributed by atoms with Crippen molar-refractivity contribution in [1.82, 2.24) is 14.9 Å². The zero-order valence-corrected chi connectivity index (χ0v) is 16.0. The van der Waals surface area contributed by atoms with Gasteiger partial charge < -0.3 is 20.5 Å². The predicted octanol–water partition coefficient (Wildman–Crippen LogP) is 3.75. The maximum absolute atomic E-state index is 14.1. The van der Waals surface area contributed by atoms with Crippen molar-refractivity contribution >= 4 is 23.3 Å². The number of amides is 3. The van der Waals surface area contributed by atoms with Crippen LogP contribution in [0.4, 0.5) is 20.6 Å². The van der Waals surface area contributed by atoms with Gasteiger partial charge in [0, 0.05) is 36.6 Å². The Morgan fingerprint density at radius 1 is 1.25 bits per heavy atom. The van der Waals surface area contributed by atoms with Gasteiger partial charge in [-0.05, 0) is 38.0 Å². The Kier molecular flexibility index (Phi) is 6.62. The van der Waals surface area contributed by atoms with E-state index in [2.05, 4.69) is 20.9 Å². The molecule has 3 N–H and O–H groups in total. The number of hydrogen-bond donors (Lipinski definition) is 3. The standard InChI is InChI=1S/C20H26FN5O2/c1-14(12-26-10-9-22-13-26)23-20(28)24-16-7-8-17(21)18(11-16)25-19(27)15-5-3-2-4-6-15/h7-11,13-15H,2-6,12H2,1H3,(H,25,27)(H2,23,24,28)/t14-/m0/s1. The topological polar surface area (TPSA) is 88.1 Å². The number of anilines is 2. The smallest absolute Gasteiger partial charge is 0.319 e. The SMILES string of the molecule is C[C@@H](Cn1ccnc1)NC(=O)Nc1ccc(F)c(NC(=O)C2CCCCC2)c1. The molecule has 1 atom stereocenters. The summed E-state index contributed by atoms with van der Waals surface area (Å²) in [6.45, 7) is 2.46. The van der Waals surface area contributed by atoms with E-state index >= 15 is 0 Å². The summed E-state index contributed by atoms with van der Waals surface area (Å²) in [5.41, 5.74) is 0.493. The van der Waals surface area contributed by atoms with E-state index in [1.54, 1.807) is 12.5 Å². The number of hydrogen-bond acceptors (Lipinski definition) is 3. The van der Waals surface area contributed by atoms with Crippen LogP contribution in [0.3, 0.4) is 0 Å². The number of imidazole rings is 1. The highest BCUT2D eigenvalue weighted by Gasteiger charge is 2.22. The van der Waals surface area contributed by atoms with Gasteiger partial charge in [-0.25, -0.2) is 14.2 Å². The van der Waals surface area contributed by atoms with Gasteiger partial charge in [-0.3, -0.25) is 4.79 Å². The van der Waals surface area contributed by atoms with Crippen molar-refractivity contribution in [2.75, 3.05) is 10.6 Å². The molecule has 1 aromatic heterocycles. The summed E-state index contributed by atoms with van der Waals surface area (Å²) in [5, 5.41) is 8.16. The second kappa shape index (κ2) is 9.34. The zero-order valence-electron chi connectivity index (χ0n) is 16.0. The highest BCUT2D eigenvalue weighted by molar-refractivity contribution is 5.94. The van der Waals surface area contributed by atoms with Crippen molar-refractivity contribution in [3.63, 3.8) is 0 Å². The number of halogens is 1. The van der Waals surface area contributed by atoms with Gasteiger partial charge in [0.05, 0.1) is 12.0 Å². The summed E-state index contributed by atoms with van der Waals surface area (Å²) in [6.07, 6.45) is 10.0. The average molecular weight is 387 g/mol. The highest BCUT2D eigenvalue weighted by Crippen LogP contribution is 2.26. The largest absolute Gasteiger partial charge is 0.335 e. The second-order valence-corrected chi connectivity index (χ2v) is 7.28. The van der Waals surface area contributed by atoms with Crippen LogP contribution in [-0.2, 0) is 11.3 Å². The number of carbonyl (C=O) groups is 2. The van der Waals surface area contributed by atoms with Crippen LogP contribution in [0.2, 0.25) is 0 Å². The monoisotopic (exact) mass is 387 g/mol. The molecule has 0 spiro atoms. The minimum Gasteiger partial charge on any atom is -0.335 e. The van der Waals surface area contributed by atoms with Crippen molar-refractivity contribution in [3.8, 4) is 0 Å². The van der Waals surface area contributed by atoms with Crippen molar-refractivity contribution in [1.29, 1.82) is 0 Å². The van der Waals surface area contributed by atoms with Gasteiger partial charge in [-0.15, -0.1) is 0 Å². The van der Waals surface area contributed by atoms with Crippen molar-refractivity contribution in [2.24, 2.45) is 5.92 Å². The van der Waals surface area contributed by atoms with E-state index in [4.69, 9.17) is 0 Å². The summed E-state index contributed by atoms with van der Waals surface area (Å²) >= 11 is 0. The minimum atomic E-state index is -0.524. The first kappa shape index (κ1) is 19.9. The molecule has 7 nitrogen and oxygen atoms in total. The Hall–Kier alpha value is -2.90. The molecular formula is C20H26FN5O2. The molecule has 0 aliphatic heterocycles. The fourth-order valence-electron chi connectivity index (χ4n) is 3.45. The summed E-state index contributed by atoms with van der Waals surface area (Å²) in [6, 6.07) is 3.62. The molecule has 8 heteroatoms. The first-order valence-electron chi connectivity index (χ1n) is 9.65. The maximum Gasteiger partial charge on any atom is 0.319 e.